The number of halogens is 2. The minimum Gasteiger partial charge on any atom is -0.497 e. The number of hydrogen-bond acceptors (Lipinski definition) is 4. The molecule has 0 unspecified atom stereocenters. The van der Waals surface area contributed by atoms with Gasteiger partial charge in [-0.1, -0.05) is 69.5 Å². The molecule has 5 rings (SSSR count). The number of carbonyl (C=O) groups excluding carboxylic acids is 1. The molecule has 2 aliphatic rings. The van der Waals surface area contributed by atoms with Crippen molar-refractivity contribution in [3.8, 4) is 5.75 Å². The number of carbonyl (C=O) groups is 1. The van der Waals surface area contributed by atoms with Crippen LogP contribution < -0.4 is 4.74 Å². The standard InChI is InChI=1S/C28H27Br2NO4S/c1-3-4-24-25(18-5-9-20(29)10-6-18)17-28(19-7-11-21(30)12-8-19)26(24)27(32)31(28)36(33,34)23-15-13-22(35-2)14-16-23/h5-16,24-26H,3-4,17H2,1-2H3/t24-,25+,26-,28+/m1/s1. The third kappa shape index (κ3) is 3.92. The van der Waals surface area contributed by atoms with Gasteiger partial charge in [-0.25, -0.2) is 12.7 Å². The number of fused-ring (bicyclic) bond motifs is 1. The topological polar surface area (TPSA) is 63.7 Å². The summed E-state index contributed by atoms with van der Waals surface area (Å²) in [5.41, 5.74) is 1.05. The fourth-order valence-corrected chi connectivity index (χ4v) is 8.46. The molecule has 0 aromatic heterocycles. The number of ether oxygens (including phenoxy) is 1. The quantitative estimate of drug-likeness (QED) is 0.267. The molecule has 1 heterocycles. The first-order valence-electron chi connectivity index (χ1n) is 12.0. The third-order valence-electron chi connectivity index (χ3n) is 7.68. The van der Waals surface area contributed by atoms with E-state index in [1.54, 1.807) is 12.1 Å². The second kappa shape index (κ2) is 9.62. The van der Waals surface area contributed by atoms with Crippen LogP contribution in [0.3, 0.4) is 0 Å². The fraction of sp³-hybridized carbons (Fsp3) is 0.321. The van der Waals surface area contributed by atoms with Gasteiger partial charge in [0.1, 0.15) is 5.75 Å². The van der Waals surface area contributed by atoms with Gasteiger partial charge in [-0.2, -0.15) is 0 Å². The summed E-state index contributed by atoms with van der Waals surface area (Å²) in [5.74, 6) is -0.0444. The summed E-state index contributed by atoms with van der Waals surface area (Å²) in [7, 11) is -2.56. The summed E-state index contributed by atoms with van der Waals surface area (Å²) in [6.45, 7) is 2.12. The van der Waals surface area contributed by atoms with Gasteiger partial charge < -0.3 is 4.74 Å². The van der Waals surface area contributed by atoms with Crippen LogP contribution in [-0.4, -0.2) is 25.7 Å². The molecule has 4 atom stereocenters. The van der Waals surface area contributed by atoms with Crippen LogP contribution in [0.5, 0.6) is 5.75 Å². The Kier molecular flexibility index (Phi) is 6.81. The second-order valence-electron chi connectivity index (χ2n) is 9.51. The average molecular weight is 633 g/mol. The molecule has 0 bridgehead atoms. The molecule has 1 saturated heterocycles. The highest BCUT2D eigenvalue weighted by atomic mass is 79.9. The molecule has 0 radical (unpaired) electrons. The van der Waals surface area contributed by atoms with E-state index in [4.69, 9.17) is 4.74 Å². The number of hydrogen-bond donors (Lipinski definition) is 0. The van der Waals surface area contributed by atoms with E-state index >= 15 is 0 Å². The molecule has 1 aliphatic heterocycles. The Balaban J connectivity index is 1.67. The van der Waals surface area contributed by atoms with Crippen molar-refractivity contribution < 1.29 is 17.9 Å². The Morgan fingerprint density at radius 1 is 0.944 bits per heavy atom. The zero-order valence-electron chi connectivity index (χ0n) is 20.0. The van der Waals surface area contributed by atoms with E-state index in [2.05, 4.69) is 50.9 Å². The maximum atomic E-state index is 14.0. The normalized spacial score (nSPS) is 25.4. The van der Waals surface area contributed by atoms with Crippen molar-refractivity contribution in [3.63, 3.8) is 0 Å². The molecule has 5 nitrogen and oxygen atoms in total. The first kappa shape index (κ1) is 25.5. The lowest BCUT2D eigenvalue weighted by atomic mass is 9.69. The minimum absolute atomic E-state index is 0.0506. The Labute approximate surface area is 229 Å². The number of nitrogens with zero attached hydrogens (tertiary/aromatic N) is 1. The fourth-order valence-electron chi connectivity index (χ4n) is 6.17. The maximum absolute atomic E-state index is 14.0. The average Bonchev–Trinajstić information content (AvgIpc) is 3.15. The summed E-state index contributed by atoms with van der Waals surface area (Å²) in [6.07, 6.45) is 2.32. The van der Waals surface area contributed by atoms with Crippen LogP contribution >= 0.6 is 31.9 Å². The molecule has 0 spiro atoms. The SMILES string of the molecule is CCC[C@@H]1[C@H](c2ccc(Br)cc2)C[C@]2(c3ccc(Br)cc3)[C@H]1C(=O)N2S(=O)(=O)c1ccc(OC)cc1. The van der Waals surface area contributed by atoms with E-state index in [1.165, 1.54) is 23.5 Å². The van der Waals surface area contributed by atoms with Crippen molar-refractivity contribution in [1.29, 1.82) is 0 Å². The lowest BCUT2D eigenvalue weighted by Crippen LogP contribution is -2.69. The molecule has 3 aromatic rings. The predicted molar refractivity (Wildman–Crippen MR) is 146 cm³/mol. The van der Waals surface area contributed by atoms with Gasteiger partial charge in [0.2, 0.25) is 5.91 Å². The molecular weight excluding hydrogens is 606 g/mol. The zero-order chi connectivity index (χ0) is 25.7. The van der Waals surface area contributed by atoms with Gasteiger partial charge in [-0.3, -0.25) is 4.79 Å². The van der Waals surface area contributed by atoms with Gasteiger partial charge in [0, 0.05) is 8.95 Å². The Morgan fingerprint density at radius 2 is 1.53 bits per heavy atom. The highest BCUT2D eigenvalue weighted by Gasteiger charge is 2.72. The Hall–Kier alpha value is -2.16. The zero-order valence-corrected chi connectivity index (χ0v) is 24.0. The number of β-lactam (4-membered cyclic amide) rings is 1. The summed E-state index contributed by atoms with van der Waals surface area (Å²) in [6, 6.07) is 22.2. The van der Waals surface area contributed by atoms with Crippen molar-refractivity contribution in [2.45, 2.75) is 42.5 Å². The maximum Gasteiger partial charge on any atom is 0.267 e. The summed E-state index contributed by atoms with van der Waals surface area (Å²) < 4.78 is 36.3. The number of sulfonamides is 1. The van der Waals surface area contributed by atoms with Crippen LogP contribution in [0.2, 0.25) is 0 Å². The van der Waals surface area contributed by atoms with Gasteiger partial charge in [-0.05, 0) is 84.3 Å². The lowest BCUT2D eigenvalue weighted by molar-refractivity contribution is -0.158. The van der Waals surface area contributed by atoms with Crippen LogP contribution in [0, 0.1) is 11.8 Å². The van der Waals surface area contributed by atoms with E-state index < -0.39 is 21.5 Å². The Bertz CT molecular complexity index is 1370. The van der Waals surface area contributed by atoms with E-state index in [0.717, 1.165) is 32.9 Å². The lowest BCUT2D eigenvalue weighted by Gasteiger charge is -2.54. The van der Waals surface area contributed by atoms with Crippen molar-refractivity contribution in [2.75, 3.05) is 7.11 Å². The molecule has 0 N–H and O–H groups in total. The minimum atomic E-state index is -4.09. The van der Waals surface area contributed by atoms with Gasteiger partial charge >= 0.3 is 0 Å². The molecule has 1 aliphatic carbocycles. The molecule has 188 valence electrons. The van der Waals surface area contributed by atoms with E-state index in [1.807, 2.05) is 36.4 Å². The van der Waals surface area contributed by atoms with E-state index in [0.29, 0.717) is 12.2 Å². The molecule has 36 heavy (non-hydrogen) atoms. The van der Waals surface area contributed by atoms with Crippen LogP contribution in [0.25, 0.3) is 0 Å². The van der Waals surface area contributed by atoms with Gasteiger partial charge in [0.15, 0.2) is 0 Å². The molecule has 2 fully saturated rings. The summed E-state index contributed by atoms with van der Waals surface area (Å²) in [5, 5.41) is 0. The van der Waals surface area contributed by atoms with Gasteiger partial charge in [-0.15, -0.1) is 0 Å². The molecule has 8 heteroatoms. The predicted octanol–water partition coefficient (Wildman–Crippen LogP) is 6.87. The largest absolute Gasteiger partial charge is 0.497 e. The van der Waals surface area contributed by atoms with E-state index in [-0.39, 0.29) is 22.6 Å². The summed E-state index contributed by atoms with van der Waals surface area (Å²) >= 11 is 7.01. The van der Waals surface area contributed by atoms with Gasteiger partial charge in [0.25, 0.3) is 10.0 Å². The van der Waals surface area contributed by atoms with Crippen molar-refractivity contribution in [3.05, 3.63) is 92.9 Å². The number of methoxy groups -OCH3 is 1. The van der Waals surface area contributed by atoms with Gasteiger partial charge in [0.05, 0.1) is 23.5 Å². The highest BCUT2D eigenvalue weighted by Crippen LogP contribution is 2.66. The van der Waals surface area contributed by atoms with Crippen LogP contribution in [0.4, 0.5) is 0 Å². The van der Waals surface area contributed by atoms with E-state index in [9.17, 15) is 13.2 Å². The highest BCUT2D eigenvalue weighted by molar-refractivity contribution is 9.10. The number of amides is 1. The summed E-state index contributed by atoms with van der Waals surface area (Å²) in [4.78, 5) is 13.9. The molecular formula is C28H27Br2NO4S. The molecule has 3 aromatic carbocycles. The van der Waals surface area contributed by atoms with Crippen LogP contribution in [0.1, 0.15) is 43.2 Å². The smallest absolute Gasteiger partial charge is 0.267 e. The van der Waals surface area contributed by atoms with Crippen molar-refractivity contribution in [2.24, 2.45) is 11.8 Å². The van der Waals surface area contributed by atoms with Crippen molar-refractivity contribution >= 4 is 47.8 Å². The number of rotatable bonds is 7. The molecule has 1 amide bonds. The second-order valence-corrected chi connectivity index (χ2v) is 13.1. The number of benzene rings is 3. The molecule has 1 saturated carbocycles. The first-order chi connectivity index (χ1) is 17.2. The monoisotopic (exact) mass is 631 g/mol. The van der Waals surface area contributed by atoms with Crippen LogP contribution in [0.15, 0.2) is 86.6 Å². The third-order valence-corrected chi connectivity index (χ3v) is 10.6. The Morgan fingerprint density at radius 3 is 2.08 bits per heavy atom. The van der Waals surface area contributed by atoms with Crippen molar-refractivity contribution in [1.82, 2.24) is 4.31 Å². The van der Waals surface area contributed by atoms with Crippen LogP contribution in [-0.2, 0) is 20.4 Å². The first-order valence-corrected chi connectivity index (χ1v) is 15.0.